The second-order valence-corrected chi connectivity index (χ2v) is 5.94. The summed E-state index contributed by atoms with van der Waals surface area (Å²) in [7, 11) is 2.05. The molecule has 2 heteroatoms. The first kappa shape index (κ1) is 14.2. The monoisotopic (exact) mass is 281 g/mol. The Bertz CT molecular complexity index is 616. The van der Waals surface area contributed by atoms with E-state index in [2.05, 4.69) is 61.6 Å². The molecule has 21 heavy (non-hydrogen) atoms. The van der Waals surface area contributed by atoms with E-state index in [0.29, 0.717) is 6.04 Å². The zero-order valence-electron chi connectivity index (χ0n) is 13.0. The predicted octanol–water partition coefficient (Wildman–Crippen LogP) is 4.35. The average Bonchev–Trinajstić information content (AvgIpc) is 2.90. The van der Waals surface area contributed by atoms with Gasteiger partial charge in [-0.2, -0.15) is 0 Å². The molecule has 1 atom stereocenters. The number of hydrogen-bond acceptors (Lipinski definition) is 2. The van der Waals surface area contributed by atoms with E-state index in [1.54, 1.807) is 0 Å². The Labute approximate surface area is 127 Å². The first-order valence-electron chi connectivity index (χ1n) is 7.75. The van der Waals surface area contributed by atoms with Crippen LogP contribution in [0.1, 0.15) is 37.4 Å². The molecule has 1 N–H and O–H groups in total. The zero-order chi connectivity index (χ0) is 14.8. The predicted molar refractivity (Wildman–Crippen MR) is 87.8 cm³/mol. The Morgan fingerprint density at radius 3 is 2.52 bits per heavy atom. The van der Waals surface area contributed by atoms with Crippen LogP contribution in [0, 0.1) is 0 Å². The van der Waals surface area contributed by atoms with Crippen LogP contribution in [0.4, 0.5) is 0 Å². The fraction of sp³-hybridized carbons (Fsp3) is 0.368. The summed E-state index contributed by atoms with van der Waals surface area (Å²) in [6.45, 7) is 4.10. The molecule has 110 valence electrons. The van der Waals surface area contributed by atoms with Crippen molar-refractivity contribution in [2.24, 2.45) is 0 Å². The molecular weight excluding hydrogens is 258 g/mol. The molecule has 1 unspecified atom stereocenters. The van der Waals surface area contributed by atoms with Crippen LogP contribution < -0.4 is 10.1 Å². The highest BCUT2D eigenvalue weighted by Crippen LogP contribution is 2.37. The maximum atomic E-state index is 5.72. The fourth-order valence-electron chi connectivity index (χ4n) is 3.21. The van der Waals surface area contributed by atoms with E-state index in [-0.39, 0.29) is 6.10 Å². The molecule has 1 aliphatic carbocycles. The molecular formula is C19H23NO. The van der Waals surface area contributed by atoms with E-state index in [1.165, 1.54) is 28.7 Å². The molecule has 3 rings (SSSR count). The molecule has 0 spiro atoms. The quantitative estimate of drug-likeness (QED) is 0.899. The number of ether oxygens (including phenoxy) is 1. The first-order valence-corrected chi connectivity index (χ1v) is 7.75. The molecule has 0 aromatic heterocycles. The maximum absolute atomic E-state index is 5.72. The highest BCUT2D eigenvalue weighted by atomic mass is 16.5. The van der Waals surface area contributed by atoms with Crippen LogP contribution in [0.15, 0.2) is 42.5 Å². The minimum Gasteiger partial charge on any atom is -0.491 e. The summed E-state index contributed by atoms with van der Waals surface area (Å²) in [4.78, 5) is 0. The molecule has 2 nitrogen and oxygen atoms in total. The van der Waals surface area contributed by atoms with Gasteiger partial charge in [-0.1, -0.05) is 30.3 Å². The number of benzene rings is 2. The van der Waals surface area contributed by atoms with Gasteiger partial charge in [0.25, 0.3) is 0 Å². The summed E-state index contributed by atoms with van der Waals surface area (Å²) >= 11 is 0. The van der Waals surface area contributed by atoms with Crippen molar-refractivity contribution in [3.8, 4) is 16.9 Å². The normalized spacial score (nSPS) is 17.0. The third-order valence-electron chi connectivity index (χ3n) is 4.16. The Balaban J connectivity index is 1.93. The lowest BCUT2D eigenvalue weighted by molar-refractivity contribution is 0.242. The summed E-state index contributed by atoms with van der Waals surface area (Å²) < 4.78 is 5.72. The molecule has 2 aromatic rings. The van der Waals surface area contributed by atoms with Crippen molar-refractivity contribution >= 4 is 0 Å². The van der Waals surface area contributed by atoms with Gasteiger partial charge in [0.05, 0.1) is 6.10 Å². The van der Waals surface area contributed by atoms with Gasteiger partial charge in [0.15, 0.2) is 0 Å². The molecule has 0 fully saturated rings. The number of nitrogens with one attached hydrogen (secondary N) is 1. The van der Waals surface area contributed by atoms with Gasteiger partial charge in [0.2, 0.25) is 0 Å². The molecule has 0 saturated heterocycles. The Morgan fingerprint density at radius 1 is 1.10 bits per heavy atom. The lowest BCUT2D eigenvalue weighted by Crippen LogP contribution is -2.12. The van der Waals surface area contributed by atoms with Crippen molar-refractivity contribution in [2.45, 2.75) is 38.8 Å². The molecule has 0 heterocycles. The highest BCUT2D eigenvalue weighted by molar-refractivity contribution is 5.70. The van der Waals surface area contributed by atoms with Crippen molar-refractivity contribution in [1.82, 2.24) is 5.32 Å². The third-order valence-corrected chi connectivity index (χ3v) is 4.16. The van der Waals surface area contributed by atoms with Crippen molar-refractivity contribution in [1.29, 1.82) is 0 Å². The van der Waals surface area contributed by atoms with Crippen LogP contribution in [-0.4, -0.2) is 13.2 Å². The Hall–Kier alpha value is -1.80. The summed E-state index contributed by atoms with van der Waals surface area (Å²) in [5, 5.41) is 3.41. The summed E-state index contributed by atoms with van der Waals surface area (Å²) in [5.41, 5.74) is 5.59. The summed E-state index contributed by atoms with van der Waals surface area (Å²) in [6.07, 6.45) is 2.56. The SMILES string of the molecule is CNC1CCc2c(-c3ccc(OC(C)C)cc3)cccc21. The van der Waals surface area contributed by atoms with Gasteiger partial charge >= 0.3 is 0 Å². The summed E-state index contributed by atoms with van der Waals surface area (Å²) in [6, 6.07) is 15.6. The van der Waals surface area contributed by atoms with Gasteiger partial charge in [0, 0.05) is 6.04 Å². The molecule has 0 radical (unpaired) electrons. The number of hydrogen-bond donors (Lipinski definition) is 1. The van der Waals surface area contributed by atoms with Gasteiger partial charge in [-0.3, -0.25) is 0 Å². The van der Waals surface area contributed by atoms with Crippen LogP contribution >= 0.6 is 0 Å². The Morgan fingerprint density at radius 2 is 1.86 bits per heavy atom. The topological polar surface area (TPSA) is 21.3 Å². The van der Waals surface area contributed by atoms with Crippen LogP contribution in [0.5, 0.6) is 5.75 Å². The van der Waals surface area contributed by atoms with Gasteiger partial charge in [-0.15, -0.1) is 0 Å². The van der Waals surface area contributed by atoms with Gasteiger partial charge in [0.1, 0.15) is 5.75 Å². The highest BCUT2D eigenvalue weighted by Gasteiger charge is 2.23. The van der Waals surface area contributed by atoms with Crippen molar-refractivity contribution in [3.05, 3.63) is 53.6 Å². The molecule has 0 saturated carbocycles. The van der Waals surface area contributed by atoms with E-state index in [0.717, 1.165) is 12.2 Å². The lowest BCUT2D eigenvalue weighted by atomic mass is 9.96. The summed E-state index contributed by atoms with van der Waals surface area (Å²) in [5.74, 6) is 0.939. The van der Waals surface area contributed by atoms with Crippen molar-refractivity contribution < 1.29 is 4.74 Å². The van der Waals surface area contributed by atoms with Crippen LogP contribution in [0.25, 0.3) is 11.1 Å². The van der Waals surface area contributed by atoms with E-state index < -0.39 is 0 Å². The van der Waals surface area contributed by atoms with Crippen molar-refractivity contribution in [2.75, 3.05) is 7.05 Å². The largest absolute Gasteiger partial charge is 0.491 e. The van der Waals surface area contributed by atoms with E-state index >= 15 is 0 Å². The minimum absolute atomic E-state index is 0.216. The molecule has 0 aliphatic heterocycles. The first-order chi connectivity index (χ1) is 10.2. The second-order valence-electron chi connectivity index (χ2n) is 5.94. The van der Waals surface area contributed by atoms with E-state index in [4.69, 9.17) is 4.74 Å². The average molecular weight is 281 g/mol. The lowest BCUT2D eigenvalue weighted by Gasteiger charge is -2.13. The van der Waals surface area contributed by atoms with Crippen LogP contribution in [-0.2, 0) is 6.42 Å². The van der Waals surface area contributed by atoms with Crippen LogP contribution in [0.3, 0.4) is 0 Å². The number of fused-ring (bicyclic) bond motifs is 1. The van der Waals surface area contributed by atoms with Gasteiger partial charge < -0.3 is 10.1 Å². The molecule has 2 aromatic carbocycles. The Kier molecular flexibility index (Phi) is 3.98. The number of rotatable bonds is 4. The standard InChI is InChI=1S/C19H23NO/c1-13(2)21-15-9-7-14(8-10-15)16-5-4-6-18-17(16)11-12-19(18)20-3/h4-10,13,19-20H,11-12H2,1-3H3. The molecule has 0 amide bonds. The van der Waals surface area contributed by atoms with E-state index in [1.807, 2.05) is 7.05 Å². The molecule has 0 bridgehead atoms. The molecule has 1 aliphatic rings. The van der Waals surface area contributed by atoms with Crippen LogP contribution in [0.2, 0.25) is 0 Å². The fourth-order valence-corrected chi connectivity index (χ4v) is 3.21. The second kappa shape index (κ2) is 5.90. The maximum Gasteiger partial charge on any atom is 0.119 e. The van der Waals surface area contributed by atoms with Crippen molar-refractivity contribution in [3.63, 3.8) is 0 Å². The zero-order valence-corrected chi connectivity index (χ0v) is 13.0. The third kappa shape index (κ3) is 2.81. The minimum atomic E-state index is 0.216. The van der Waals surface area contributed by atoms with E-state index in [9.17, 15) is 0 Å². The smallest absolute Gasteiger partial charge is 0.119 e. The van der Waals surface area contributed by atoms with Gasteiger partial charge in [-0.05, 0) is 68.1 Å². The van der Waals surface area contributed by atoms with Gasteiger partial charge in [-0.25, -0.2) is 0 Å².